The number of hydrogen-bond acceptors (Lipinski definition) is 3. The van der Waals surface area contributed by atoms with Gasteiger partial charge in [-0.05, 0) is 32.2 Å². The Bertz CT molecular complexity index is 257. The molecule has 16 heavy (non-hydrogen) atoms. The lowest BCUT2D eigenvalue weighted by molar-refractivity contribution is -0.137. The number of amides is 1. The van der Waals surface area contributed by atoms with Crippen molar-refractivity contribution in [3.05, 3.63) is 0 Å². The summed E-state index contributed by atoms with van der Waals surface area (Å²) in [6.07, 6.45) is 3.34. The van der Waals surface area contributed by atoms with Crippen LogP contribution in [-0.2, 0) is 4.79 Å². The molecule has 4 nitrogen and oxygen atoms in total. The molecule has 1 aliphatic carbocycles. The molecule has 3 N–H and O–H groups in total. The van der Waals surface area contributed by atoms with Crippen molar-refractivity contribution in [3.8, 4) is 0 Å². The molecule has 0 aromatic heterocycles. The normalized spacial score (nSPS) is 35.4. The van der Waals surface area contributed by atoms with Gasteiger partial charge in [0.1, 0.15) is 0 Å². The average Bonchev–Trinajstić information content (AvgIpc) is 2.76. The number of carbonyl (C=O) groups is 1. The van der Waals surface area contributed by atoms with E-state index < -0.39 is 0 Å². The van der Waals surface area contributed by atoms with Crippen LogP contribution in [0, 0.1) is 11.8 Å². The molecule has 4 heteroatoms. The van der Waals surface area contributed by atoms with Crippen LogP contribution >= 0.6 is 0 Å². The summed E-state index contributed by atoms with van der Waals surface area (Å²) in [5.41, 5.74) is 5.74. The molecule has 1 heterocycles. The largest absolute Gasteiger partial charge is 0.340 e. The van der Waals surface area contributed by atoms with E-state index in [1.54, 1.807) is 0 Å². The lowest BCUT2D eigenvalue weighted by Gasteiger charge is -2.34. The standard InChI is InChI=1S/C12H23N3O/c1-9-8-15(6-5-14-9)12(16)11-4-2-3-10(11)7-13/h9-11,14H,2-8,13H2,1H3/t9-,10+,11+/m0/s1. The van der Waals surface area contributed by atoms with Gasteiger partial charge in [-0.1, -0.05) is 6.42 Å². The molecule has 0 spiro atoms. The third-order valence-corrected chi connectivity index (χ3v) is 3.96. The lowest BCUT2D eigenvalue weighted by Crippen LogP contribution is -2.53. The maximum Gasteiger partial charge on any atom is 0.226 e. The zero-order valence-corrected chi connectivity index (χ0v) is 10.1. The zero-order chi connectivity index (χ0) is 11.5. The molecule has 3 atom stereocenters. The first-order valence-corrected chi connectivity index (χ1v) is 6.44. The smallest absolute Gasteiger partial charge is 0.226 e. The Morgan fingerprint density at radius 1 is 1.50 bits per heavy atom. The summed E-state index contributed by atoms with van der Waals surface area (Å²) in [7, 11) is 0. The summed E-state index contributed by atoms with van der Waals surface area (Å²) in [4.78, 5) is 14.4. The highest BCUT2D eigenvalue weighted by atomic mass is 16.2. The van der Waals surface area contributed by atoms with E-state index in [0.29, 0.717) is 24.4 Å². The van der Waals surface area contributed by atoms with Gasteiger partial charge in [-0.15, -0.1) is 0 Å². The SMILES string of the molecule is C[C@H]1CN(C(=O)[C@@H]2CCC[C@@H]2CN)CCN1. The molecule has 1 amide bonds. The van der Waals surface area contributed by atoms with Crippen LogP contribution in [0.1, 0.15) is 26.2 Å². The highest BCUT2D eigenvalue weighted by Gasteiger charge is 2.35. The zero-order valence-electron chi connectivity index (χ0n) is 10.1. The molecular formula is C12H23N3O. The van der Waals surface area contributed by atoms with E-state index in [4.69, 9.17) is 5.73 Å². The predicted octanol–water partition coefficient (Wildman–Crippen LogP) is 0.182. The molecule has 1 saturated heterocycles. The van der Waals surface area contributed by atoms with E-state index in [1.807, 2.05) is 4.90 Å². The lowest BCUT2D eigenvalue weighted by atomic mass is 9.94. The molecule has 0 aromatic carbocycles. The fourth-order valence-electron chi connectivity index (χ4n) is 3.01. The van der Waals surface area contributed by atoms with Gasteiger partial charge in [-0.25, -0.2) is 0 Å². The van der Waals surface area contributed by atoms with Gasteiger partial charge in [0.25, 0.3) is 0 Å². The fraction of sp³-hybridized carbons (Fsp3) is 0.917. The summed E-state index contributed by atoms with van der Waals surface area (Å²) in [5.74, 6) is 0.981. The number of carbonyl (C=O) groups excluding carboxylic acids is 1. The van der Waals surface area contributed by atoms with Crippen molar-refractivity contribution in [1.29, 1.82) is 0 Å². The van der Waals surface area contributed by atoms with Crippen molar-refractivity contribution in [2.24, 2.45) is 17.6 Å². The quantitative estimate of drug-likeness (QED) is 0.705. The monoisotopic (exact) mass is 225 g/mol. The van der Waals surface area contributed by atoms with Gasteiger partial charge in [0.2, 0.25) is 5.91 Å². The first-order valence-electron chi connectivity index (χ1n) is 6.44. The number of piperazine rings is 1. The molecule has 2 rings (SSSR count). The van der Waals surface area contributed by atoms with Crippen LogP contribution in [0.25, 0.3) is 0 Å². The first-order chi connectivity index (χ1) is 7.72. The van der Waals surface area contributed by atoms with Crippen molar-refractivity contribution in [3.63, 3.8) is 0 Å². The van der Waals surface area contributed by atoms with E-state index >= 15 is 0 Å². The number of nitrogens with two attached hydrogens (primary N) is 1. The minimum absolute atomic E-state index is 0.204. The van der Waals surface area contributed by atoms with Crippen molar-refractivity contribution < 1.29 is 4.79 Å². The molecule has 1 saturated carbocycles. The summed E-state index contributed by atoms with van der Waals surface area (Å²) >= 11 is 0. The molecule has 2 fully saturated rings. The second-order valence-electron chi connectivity index (χ2n) is 5.17. The van der Waals surface area contributed by atoms with E-state index in [2.05, 4.69) is 12.2 Å². The second-order valence-corrected chi connectivity index (χ2v) is 5.17. The van der Waals surface area contributed by atoms with Crippen LogP contribution in [-0.4, -0.2) is 43.0 Å². The highest BCUT2D eigenvalue weighted by molar-refractivity contribution is 5.79. The summed E-state index contributed by atoms with van der Waals surface area (Å²) in [6, 6.07) is 0.426. The molecule has 0 radical (unpaired) electrons. The van der Waals surface area contributed by atoms with Gasteiger partial charge in [0.15, 0.2) is 0 Å². The van der Waals surface area contributed by atoms with Gasteiger partial charge in [-0.2, -0.15) is 0 Å². The number of rotatable bonds is 2. The molecule has 2 aliphatic rings. The van der Waals surface area contributed by atoms with Crippen LogP contribution in [0.3, 0.4) is 0 Å². The fourth-order valence-corrected chi connectivity index (χ4v) is 3.01. The average molecular weight is 225 g/mol. The Kier molecular flexibility index (Phi) is 3.82. The molecule has 92 valence electrons. The van der Waals surface area contributed by atoms with Gasteiger partial charge in [0.05, 0.1) is 0 Å². The Labute approximate surface area is 97.6 Å². The van der Waals surface area contributed by atoms with Crippen LogP contribution in [0.5, 0.6) is 0 Å². The van der Waals surface area contributed by atoms with Crippen LogP contribution < -0.4 is 11.1 Å². The minimum atomic E-state index is 0.204. The summed E-state index contributed by atoms with van der Waals surface area (Å²) in [5, 5.41) is 3.36. The predicted molar refractivity (Wildman–Crippen MR) is 63.9 cm³/mol. The van der Waals surface area contributed by atoms with Crippen LogP contribution in [0.2, 0.25) is 0 Å². The van der Waals surface area contributed by atoms with Crippen molar-refractivity contribution in [2.45, 2.75) is 32.2 Å². The molecule has 0 unspecified atom stereocenters. The van der Waals surface area contributed by atoms with Crippen molar-refractivity contribution in [2.75, 3.05) is 26.2 Å². The highest BCUT2D eigenvalue weighted by Crippen LogP contribution is 2.32. The van der Waals surface area contributed by atoms with Crippen molar-refractivity contribution in [1.82, 2.24) is 10.2 Å². The first kappa shape index (κ1) is 11.9. The maximum atomic E-state index is 12.4. The van der Waals surface area contributed by atoms with E-state index in [9.17, 15) is 4.79 Å². The van der Waals surface area contributed by atoms with E-state index in [-0.39, 0.29) is 5.92 Å². The second kappa shape index (κ2) is 5.15. The molecule has 0 aromatic rings. The van der Waals surface area contributed by atoms with Gasteiger partial charge in [0, 0.05) is 31.6 Å². The minimum Gasteiger partial charge on any atom is -0.340 e. The van der Waals surface area contributed by atoms with Gasteiger partial charge < -0.3 is 16.0 Å². The third kappa shape index (κ3) is 2.38. The molecule has 0 bridgehead atoms. The topological polar surface area (TPSA) is 58.4 Å². The van der Waals surface area contributed by atoms with Crippen LogP contribution in [0.4, 0.5) is 0 Å². The summed E-state index contributed by atoms with van der Waals surface area (Å²) in [6.45, 7) is 5.43. The number of hydrogen-bond donors (Lipinski definition) is 2. The summed E-state index contributed by atoms with van der Waals surface area (Å²) < 4.78 is 0. The van der Waals surface area contributed by atoms with Gasteiger partial charge in [-0.3, -0.25) is 4.79 Å². The maximum absolute atomic E-state index is 12.4. The molecular weight excluding hydrogens is 202 g/mol. The number of nitrogens with one attached hydrogen (secondary N) is 1. The number of nitrogens with zero attached hydrogens (tertiary/aromatic N) is 1. The van der Waals surface area contributed by atoms with E-state index in [0.717, 1.165) is 32.5 Å². The van der Waals surface area contributed by atoms with Crippen molar-refractivity contribution >= 4 is 5.91 Å². The van der Waals surface area contributed by atoms with Gasteiger partial charge >= 0.3 is 0 Å². The Balaban J connectivity index is 1.95. The molecule has 1 aliphatic heterocycles. The van der Waals surface area contributed by atoms with Crippen LogP contribution in [0.15, 0.2) is 0 Å². The third-order valence-electron chi connectivity index (χ3n) is 3.96. The Morgan fingerprint density at radius 3 is 3.00 bits per heavy atom. The Hall–Kier alpha value is -0.610. The Morgan fingerprint density at radius 2 is 2.31 bits per heavy atom. The van der Waals surface area contributed by atoms with E-state index in [1.165, 1.54) is 6.42 Å².